The van der Waals surface area contributed by atoms with Gasteiger partial charge in [0.1, 0.15) is 11.9 Å². The molecule has 0 aliphatic carbocycles. The van der Waals surface area contributed by atoms with Gasteiger partial charge in [0.15, 0.2) is 0 Å². The summed E-state index contributed by atoms with van der Waals surface area (Å²) in [7, 11) is 0. The summed E-state index contributed by atoms with van der Waals surface area (Å²) >= 11 is 1.75. The minimum atomic E-state index is 0.200. The molecule has 0 aliphatic heterocycles. The maximum atomic E-state index is 5.88. The minimum Gasteiger partial charge on any atom is -0.489 e. The van der Waals surface area contributed by atoms with Crippen LogP contribution in [0.15, 0.2) is 29.2 Å². The SMILES string of the molecule is CCC(CC)NCC(C)Oc1ccc(SC)cc1. The normalized spacial score (nSPS) is 12.7. The first-order valence-corrected chi connectivity index (χ1v) is 7.96. The summed E-state index contributed by atoms with van der Waals surface area (Å²) in [6.45, 7) is 7.44. The summed E-state index contributed by atoms with van der Waals surface area (Å²) in [4.78, 5) is 1.27. The zero-order valence-electron chi connectivity index (χ0n) is 11.9. The third-order valence-electron chi connectivity index (χ3n) is 3.08. The van der Waals surface area contributed by atoms with Gasteiger partial charge in [-0.1, -0.05) is 13.8 Å². The first kappa shape index (κ1) is 15.4. The Morgan fingerprint density at radius 1 is 1.17 bits per heavy atom. The molecule has 0 saturated heterocycles. The van der Waals surface area contributed by atoms with Crippen molar-refractivity contribution in [2.45, 2.75) is 50.7 Å². The smallest absolute Gasteiger partial charge is 0.119 e. The van der Waals surface area contributed by atoms with E-state index in [-0.39, 0.29) is 6.10 Å². The highest BCUT2D eigenvalue weighted by molar-refractivity contribution is 7.98. The van der Waals surface area contributed by atoms with Crippen molar-refractivity contribution in [1.29, 1.82) is 0 Å². The molecule has 0 radical (unpaired) electrons. The Labute approximate surface area is 116 Å². The molecule has 0 aromatic heterocycles. The quantitative estimate of drug-likeness (QED) is 0.721. The second-order valence-electron chi connectivity index (χ2n) is 4.53. The van der Waals surface area contributed by atoms with Crippen molar-refractivity contribution in [3.63, 3.8) is 0 Å². The van der Waals surface area contributed by atoms with E-state index in [1.54, 1.807) is 11.8 Å². The van der Waals surface area contributed by atoms with Crippen molar-refractivity contribution in [1.82, 2.24) is 5.32 Å². The van der Waals surface area contributed by atoms with Gasteiger partial charge in [0.25, 0.3) is 0 Å². The van der Waals surface area contributed by atoms with Gasteiger partial charge in [-0.15, -0.1) is 11.8 Å². The average Bonchev–Trinajstić information content (AvgIpc) is 2.41. The van der Waals surface area contributed by atoms with Crippen LogP contribution in [-0.2, 0) is 0 Å². The predicted molar refractivity (Wildman–Crippen MR) is 80.7 cm³/mol. The Hall–Kier alpha value is -0.670. The van der Waals surface area contributed by atoms with E-state index in [4.69, 9.17) is 4.74 Å². The number of hydrogen-bond acceptors (Lipinski definition) is 3. The summed E-state index contributed by atoms with van der Waals surface area (Å²) in [5.74, 6) is 0.951. The number of ether oxygens (including phenoxy) is 1. The highest BCUT2D eigenvalue weighted by Gasteiger charge is 2.07. The molecule has 1 N–H and O–H groups in total. The summed E-state index contributed by atoms with van der Waals surface area (Å²) in [6, 6.07) is 8.89. The molecule has 0 fully saturated rings. The first-order valence-electron chi connectivity index (χ1n) is 6.73. The molecule has 1 unspecified atom stereocenters. The zero-order valence-corrected chi connectivity index (χ0v) is 12.7. The molecule has 0 aliphatic rings. The van der Waals surface area contributed by atoms with Crippen molar-refractivity contribution in [2.75, 3.05) is 12.8 Å². The van der Waals surface area contributed by atoms with Crippen LogP contribution in [0, 0.1) is 0 Å². The van der Waals surface area contributed by atoms with E-state index in [9.17, 15) is 0 Å². The number of nitrogens with one attached hydrogen (secondary N) is 1. The lowest BCUT2D eigenvalue weighted by Gasteiger charge is -2.20. The molecule has 0 bridgehead atoms. The molecule has 102 valence electrons. The highest BCUT2D eigenvalue weighted by Crippen LogP contribution is 2.19. The molecule has 2 nitrogen and oxygen atoms in total. The van der Waals surface area contributed by atoms with Gasteiger partial charge in [-0.3, -0.25) is 0 Å². The lowest BCUT2D eigenvalue weighted by atomic mass is 10.1. The molecule has 1 aromatic rings. The van der Waals surface area contributed by atoms with Crippen LogP contribution in [0.25, 0.3) is 0 Å². The van der Waals surface area contributed by atoms with Gasteiger partial charge < -0.3 is 10.1 Å². The van der Waals surface area contributed by atoms with Gasteiger partial charge in [-0.05, 0) is 50.3 Å². The molecule has 0 saturated carbocycles. The van der Waals surface area contributed by atoms with Crippen molar-refractivity contribution in [3.05, 3.63) is 24.3 Å². The Kier molecular flexibility index (Phi) is 7.21. The minimum absolute atomic E-state index is 0.200. The van der Waals surface area contributed by atoms with Crippen molar-refractivity contribution >= 4 is 11.8 Å². The van der Waals surface area contributed by atoms with Gasteiger partial charge in [0, 0.05) is 17.5 Å². The lowest BCUT2D eigenvalue weighted by Crippen LogP contribution is -2.36. The molecule has 18 heavy (non-hydrogen) atoms. The van der Waals surface area contributed by atoms with Crippen LogP contribution in [0.5, 0.6) is 5.75 Å². The fourth-order valence-electron chi connectivity index (χ4n) is 1.84. The molecule has 1 atom stereocenters. The molecule has 3 heteroatoms. The molecule has 0 heterocycles. The van der Waals surface area contributed by atoms with Gasteiger partial charge in [-0.2, -0.15) is 0 Å². The Bertz CT molecular complexity index is 322. The van der Waals surface area contributed by atoms with E-state index >= 15 is 0 Å². The Morgan fingerprint density at radius 2 is 1.78 bits per heavy atom. The highest BCUT2D eigenvalue weighted by atomic mass is 32.2. The van der Waals surface area contributed by atoms with Crippen molar-refractivity contribution in [3.8, 4) is 5.75 Å². The van der Waals surface area contributed by atoms with Crippen LogP contribution in [0.4, 0.5) is 0 Å². The first-order chi connectivity index (χ1) is 8.69. The van der Waals surface area contributed by atoms with E-state index in [0.29, 0.717) is 6.04 Å². The topological polar surface area (TPSA) is 21.3 Å². The molecule has 0 spiro atoms. The van der Waals surface area contributed by atoms with Gasteiger partial charge in [-0.25, -0.2) is 0 Å². The summed E-state index contributed by atoms with van der Waals surface area (Å²) in [5, 5.41) is 3.53. The maximum Gasteiger partial charge on any atom is 0.119 e. The zero-order chi connectivity index (χ0) is 13.4. The van der Waals surface area contributed by atoms with Crippen molar-refractivity contribution < 1.29 is 4.74 Å². The second-order valence-corrected chi connectivity index (χ2v) is 5.41. The van der Waals surface area contributed by atoms with Gasteiger partial charge in [0.05, 0.1) is 0 Å². The standard InChI is InChI=1S/C15H25NOS/c1-5-13(6-2)16-11-12(3)17-14-7-9-15(18-4)10-8-14/h7-10,12-13,16H,5-6,11H2,1-4H3. The summed E-state index contributed by atoms with van der Waals surface area (Å²) in [5.41, 5.74) is 0. The maximum absolute atomic E-state index is 5.88. The summed E-state index contributed by atoms with van der Waals surface area (Å²) < 4.78 is 5.88. The third-order valence-corrected chi connectivity index (χ3v) is 3.82. The number of hydrogen-bond donors (Lipinski definition) is 1. The molecular formula is C15H25NOS. The second kappa shape index (κ2) is 8.44. The van der Waals surface area contributed by atoms with E-state index in [0.717, 1.165) is 12.3 Å². The predicted octanol–water partition coefficient (Wildman–Crippen LogP) is 3.95. The lowest BCUT2D eigenvalue weighted by molar-refractivity contribution is 0.210. The van der Waals surface area contributed by atoms with Gasteiger partial charge >= 0.3 is 0 Å². The van der Waals surface area contributed by atoms with Crippen LogP contribution in [0.1, 0.15) is 33.6 Å². The fourth-order valence-corrected chi connectivity index (χ4v) is 2.25. The van der Waals surface area contributed by atoms with E-state index in [1.165, 1.54) is 17.7 Å². The van der Waals surface area contributed by atoms with Crippen LogP contribution in [0.2, 0.25) is 0 Å². The fraction of sp³-hybridized carbons (Fsp3) is 0.600. The van der Waals surface area contributed by atoms with Gasteiger partial charge in [0.2, 0.25) is 0 Å². The van der Waals surface area contributed by atoms with E-state index < -0.39 is 0 Å². The molecule has 1 aromatic carbocycles. The average molecular weight is 267 g/mol. The molecule has 1 rings (SSSR count). The van der Waals surface area contributed by atoms with Crippen LogP contribution in [-0.4, -0.2) is 24.9 Å². The van der Waals surface area contributed by atoms with Crippen LogP contribution < -0.4 is 10.1 Å². The molecule has 0 amide bonds. The number of rotatable bonds is 8. The molecular weight excluding hydrogens is 242 g/mol. The monoisotopic (exact) mass is 267 g/mol. The number of benzene rings is 1. The van der Waals surface area contributed by atoms with Crippen LogP contribution in [0.3, 0.4) is 0 Å². The van der Waals surface area contributed by atoms with Crippen LogP contribution >= 0.6 is 11.8 Å². The Balaban J connectivity index is 2.36. The summed E-state index contributed by atoms with van der Waals surface area (Å²) in [6.07, 6.45) is 4.63. The van der Waals surface area contributed by atoms with E-state index in [2.05, 4.69) is 44.5 Å². The van der Waals surface area contributed by atoms with E-state index in [1.807, 2.05) is 12.1 Å². The van der Waals surface area contributed by atoms with Crippen molar-refractivity contribution in [2.24, 2.45) is 0 Å². The Morgan fingerprint density at radius 3 is 2.28 bits per heavy atom. The third kappa shape index (κ3) is 5.32. The largest absolute Gasteiger partial charge is 0.489 e. The number of thioether (sulfide) groups is 1.